The van der Waals surface area contributed by atoms with Crippen LogP contribution in [0, 0.1) is 12.3 Å². The number of alkyl halides is 3. The lowest BCUT2D eigenvalue weighted by molar-refractivity contribution is -0.136. The fraction of sp³-hybridized carbons (Fsp3) is 0.833. The molecule has 1 heterocycles. The van der Waals surface area contributed by atoms with Crippen LogP contribution in [0.15, 0.2) is 0 Å². The molecule has 1 fully saturated rings. The average Bonchev–Trinajstić information content (AvgIpc) is 2.60. The molecular weight excluding hydrogens is 217 g/mol. The monoisotopic (exact) mass is 234 g/mol. The van der Waals surface area contributed by atoms with Crippen LogP contribution in [-0.4, -0.2) is 18.4 Å². The summed E-state index contributed by atoms with van der Waals surface area (Å²) < 4.78 is 41.2. The fourth-order valence-electron chi connectivity index (χ4n) is 1.97. The maximum atomic E-state index is 11.9. The molecule has 0 saturated carbocycles. The van der Waals surface area contributed by atoms with Crippen molar-refractivity contribution in [2.45, 2.75) is 63.3 Å². The van der Waals surface area contributed by atoms with E-state index in [-0.39, 0.29) is 18.6 Å². The third kappa shape index (κ3) is 5.41. The van der Waals surface area contributed by atoms with Crippen LogP contribution in [0.1, 0.15) is 44.9 Å². The van der Waals surface area contributed by atoms with E-state index in [1.807, 2.05) is 0 Å². The standard InChI is InChI=1S/C12H17F3O/c1-2-5-10-7-8-11(16-10)6-3-4-9-12(13,14)15/h1,10-11H,3-9H2. The largest absolute Gasteiger partial charge is 0.389 e. The van der Waals surface area contributed by atoms with Crippen LogP contribution in [0.4, 0.5) is 13.2 Å². The second-order valence-corrected chi connectivity index (χ2v) is 4.23. The fourth-order valence-corrected chi connectivity index (χ4v) is 1.97. The molecule has 0 spiro atoms. The van der Waals surface area contributed by atoms with E-state index in [9.17, 15) is 13.2 Å². The van der Waals surface area contributed by atoms with Crippen LogP contribution in [0.2, 0.25) is 0 Å². The summed E-state index contributed by atoms with van der Waals surface area (Å²) in [4.78, 5) is 0. The molecule has 2 atom stereocenters. The van der Waals surface area contributed by atoms with E-state index >= 15 is 0 Å². The van der Waals surface area contributed by atoms with Crippen molar-refractivity contribution in [3.8, 4) is 12.3 Å². The highest BCUT2D eigenvalue weighted by atomic mass is 19.4. The van der Waals surface area contributed by atoms with Gasteiger partial charge >= 0.3 is 6.18 Å². The Morgan fingerprint density at radius 3 is 2.50 bits per heavy atom. The zero-order chi connectivity index (χ0) is 12.0. The number of terminal acetylenes is 1. The van der Waals surface area contributed by atoms with Gasteiger partial charge in [-0.1, -0.05) is 6.42 Å². The van der Waals surface area contributed by atoms with Gasteiger partial charge in [0.1, 0.15) is 0 Å². The highest BCUT2D eigenvalue weighted by molar-refractivity contribution is 4.90. The van der Waals surface area contributed by atoms with Crippen LogP contribution < -0.4 is 0 Å². The van der Waals surface area contributed by atoms with Gasteiger partial charge in [-0.25, -0.2) is 0 Å². The molecule has 1 rings (SSSR count). The molecule has 1 nitrogen and oxygen atoms in total. The predicted molar refractivity (Wildman–Crippen MR) is 55.9 cm³/mol. The summed E-state index contributed by atoms with van der Waals surface area (Å²) in [5.41, 5.74) is 0. The molecule has 2 unspecified atom stereocenters. The Balaban J connectivity index is 2.05. The third-order valence-corrected chi connectivity index (χ3v) is 2.78. The molecule has 0 N–H and O–H groups in total. The topological polar surface area (TPSA) is 9.23 Å². The first kappa shape index (κ1) is 13.4. The normalized spacial score (nSPS) is 25.6. The molecule has 0 aliphatic carbocycles. The van der Waals surface area contributed by atoms with Crippen LogP contribution in [0.3, 0.4) is 0 Å². The lowest BCUT2D eigenvalue weighted by Crippen LogP contribution is -2.11. The average molecular weight is 234 g/mol. The lowest BCUT2D eigenvalue weighted by atomic mass is 10.1. The smallest absolute Gasteiger partial charge is 0.374 e. The Labute approximate surface area is 94.4 Å². The number of ether oxygens (including phenoxy) is 1. The summed E-state index contributed by atoms with van der Waals surface area (Å²) in [7, 11) is 0. The lowest BCUT2D eigenvalue weighted by Gasteiger charge is -2.12. The first-order chi connectivity index (χ1) is 7.51. The highest BCUT2D eigenvalue weighted by Crippen LogP contribution is 2.27. The minimum Gasteiger partial charge on any atom is -0.374 e. The zero-order valence-corrected chi connectivity index (χ0v) is 9.22. The zero-order valence-electron chi connectivity index (χ0n) is 9.22. The maximum absolute atomic E-state index is 11.9. The summed E-state index contributed by atoms with van der Waals surface area (Å²) in [5.74, 6) is 2.54. The Kier molecular flexibility index (Phi) is 5.14. The number of rotatable bonds is 5. The minimum absolute atomic E-state index is 0.117. The quantitative estimate of drug-likeness (QED) is 0.521. The molecule has 0 bridgehead atoms. The Hall–Kier alpha value is -0.690. The minimum atomic E-state index is -4.03. The van der Waals surface area contributed by atoms with E-state index < -0.39 is 12.6 Å². The van der Waals surface area contributed by atoms with E-state index in [2.05, 4.69) is 5.92 Å². The molecular formula is C12H17F3O. The maximum Gasteiger partial charge on any atom is 0.389 e. The molecule has 1 aliphatic rings. The summed E-state index contributed by atoms with van der Waals surface area (Å²) in [6, 6.07) is 0. The van der Waals surface area contributed by atoms with Crippen LogP contribution in [0.5, 0.6) is 0 Å². The van der Waals surface area contributed by atoms with Gasteiger partial charge in [0.05, 0.1) is 12.2 Å². The molecule has 0 aromatic heterocycles. The van der Waals surface area contributed by atoms with Gasteiger partial charge in [0, 0.05) is 12.8 Å². The van der Waals surface area contributed by atoms with Gasteiger partial charge in [0.25, 0.3) is 0 Å². The van der Waals surface area contributed by atoms with Gasteiger partial charge in [-0.15, -0.1) is 12.3 Å². The summed E-state index contributed by atoms with van der Waals surface area (Å²) in [6.07, 6.45) is 4.67. The van der Waals surface area contributed by atoms with Crippen molar-refractivity contribution in [2.24, 2.45) is 0 Å². The van der Waals surface area contributed by atoms with Gasteiger partial charge in [-0.3, -0.25) is 0 Å². The molecule has 4 heteroatoms. The van der Waals surface area contributed by atoms with Gasteiger partial charge in [0.2, 0.25) is 0 Å². The second-order valence-electron chi connectivity index (χ2n) is 4.23. The summed E-state index contributed by atoms with van der Waals surface area (Å²) in [5, 5.41) is 0. The van der Waals surface area contributed by atoms with Crippen molar-refractivity contribution in [2.75, 3.05) is 0 Å². The Morgan fingerprint density at radius 1 is 1.19 bits per heavy atom. The van der Waals surface area contributed by atoms with Crippen LogP contribution in [-0.2, 0) is 4.74 Å². The first-order valence-corrected chi connectivity index (χ1v) is 5.67. The molecule has 0 aromatic carbocycles. The second kappa shape index (κ2) is 6.15. The Morgan fingerprint density at radius 2 is 1.88 bits per heavy atom. The molecule has 0 aromatic rings. The van der Waals surface area contributed by atoms with Gasteiger partial charge in [-0.05, 0) is 25.7 Å². The summed E-state index contributed by atoms with van der Waals surface area (Å²) >= 11 is 0. The number of hydrogen-bond donors (Lipinski definition) is 0. The molecule has 16 heavy (non-hydrogen) atoms. The molecule has 1 aliphatic heterocycles. The number of hydrogen-bond acceptors (Lipinski definition) is 1. The Bertz CT molecular complexity index is 242. The molecule has 0 radical (unpaired) electrons. The van der Waals surface area contributed by atoms with Gasteiger partial charge in [0.15, 0.2) is 0 Å². The van der Waals surface area contributed by atoms with Gasteiger partial charge < -0.3 is 4.74 Å². The van der Waals surface area contributed by atoms with Crippen molar-refractivity contribution in [1.82, 2.24) is 0 Å². The van der Waals surface area contributed by atoms with E-state index in [4.69, 9.17) is 11.2 Å². The SMILES string of the molecule is C#CCC1CCC(CCCCC(F)(F)F)O1. The van der Waals surface area contributed by atoms with Crippen molar-refractivity contribution >= 4 is 0 Å². The highest BCUT2D eigenvalue weighted by Gasteiger charge is 2.27. The van der Waals surface area contributed by atoms with Crippen molar-refractivity contribution < 1.29 is 17.9 Å². The van der Waals surface area contributed by atoms with Crippen molar-refractivity contribution in [1.29, 1.82) is 0 Å². The van der Waals surface area contributed by atoms with Crippen LogP contribution in [0.25, 0.3) is 0 Å². The van der Waals surface area contributed by atoms with E-state index in [0.717, 1.165) is 19.3 Å². The van der Waals surface area contributed by atoms with Gasteiger partial charge in [-0.2, -0.15) is 13.2 Å². The van der Waals surface area contributed by atoms with Crippen LogP contribution >= 0.6 is 0 Å². The third-order valence-electron chi connectivity index (χ3n) is 2.78. The van der Waals surface area contributed by atoms with E-state index in [1.165, 1.54) is 0 Å². The van der Waals surface area contributed by atoms with E-state index in [0.29, 0.717) is 12.8 Å². The molecule has 0 amide bonds. The molecule has 92 valence electrons. The summed E-state index contributed by atoms with van der Waals surface area (Å²) in [6.45, 7) is 0. The predicted octanol–water partition coefficient (Wildman–Crippen LogP) is 3.68. The first-order valence-electron chi connectivity index (χ1n) is 5.67. The number of unbranched alkanes of at least 4 members (excludes halogenated alkanes) is 1. The van der Waals surface area contributed by atoms with Crippen molar-refractivity contribution in [3.05, 3.63) is 0 Å². The van der Waals surface area contributed by atoms with Crippen molar-refractivity contribution in [3.63, 3.8) is 0 Å². The number of halogens is 3. The van der Waals surface area contributed by atoms with E-state index in [1.54, 1.807) is 0 Å². The molecule has 1 saturated heterocycles.